The molecule has 4 heteroatoms. The zero-order valence-corrected chi connectivity index (χ0v) is 13.4. The molecule has 0 amide bonds. The number of nitrogens with zero attached hydrogens (tertiary/aromatic N) is 1. The van der Waals surface area contributed by atoms with Crippen LogP contribution in [-0.4, -0.2) is 43.2 Å². The topological polar surface area (TPSA) is 12.5 Å². The molecule has 0 spiro atoms. The van der Waals surface area contributed by atoms with E-state index in [0.29, 0.717) is 12.8 Å². The summed E-state index contributed by atoms with van der Waals surface area (Å²) in [5.41, 5.74) is -0.281. The van der Waals surface area contributed by atoms with Crippen LogP contribution in [0, 0.1) is 17.8 Å². The highest BCUT2D eigenvalue weighted by atomic mass is 19.3. The van der Waals surface area contributed by atoms with Gasteiger partial charge in [0.15, 0.2) is 0 Å². The third-order valence-electron chi connectivity index (χ3n) is 6.35. The van der Waals surface area contributed by atoms with E-state index in [2.05, 4.69) is 11.8 Å². The second kappa shape index (κ2) is 5.77. The molecule has 0 radical (unpaired) electrons. The van der Waals surface area contributed by atoms with Gasteiger partial charge in [0.1, 0.15) is 0 Å². The van der Waals surface area contributed by atoms with Crippen LogP contribution < -0.4 is 0 Å². The summed E-state index contributed by atoms with van der Waals surface area (Å²) in [6.07, 6.45) is 4.36. The normalized spacial score (nSPS) is 37.4. The van der Waals surface area contributed by atoms with E-state index in [1.807, 2.05) is 0 Å². The Hall–Kier alpha value is -0.220. The van der Waals surface area contributed by atoms with E-state index in [1.54, 1.807) is 7.11 Å². The van der Waals surface area contributed by atoms with E-state index in [0.717, 1.165) is 37.1 Å². The van der Waals surface area contributed by atoms with Gasteiger partial charge in [-0.3, -0.25) is 0 Å². The number of piperidine rings is 1. The zero-order valence-electron chi connectivity index (χ0n) is 13.4. The molecular weight excluding hydrogens is 272 g/mol. The minimum absolute atomic E-state index is 0.00706. The van der Waals surface area contributed by atoms with Crippen LogP contribution in [0.2, 0.25) is 0 Å². The number of likely N-dealkylation sites (tertiary alicyclic amines) is 1. The van der Waals surface area contributed by atoms with Gasteiger partial charge in [0.05, 0.1) is 5.60 Å². The van der Waals surface area contributed by atoms with Gasteiger partial charge in [-0.1, -0.05) is 13.3 Å². The van der Waals surface area contributed by atoms with Gasteiger partial charge in [-0.2, -0.15) is 0 Å². The summed E-state index contributed by atoms with van der Waals surface area (Å²) in [7, 11) is 1.69. The van der Waals surface area contributed by atoms with Crippen molar-refractivity contribution in [2.24, 2.45) is 17.8 Å². The largest absolute Gasteiger partial charge is 0.378 e. The van der Waals surface area contributed by atoms with Gasteiger partial charge in [0, 0.05) is 33.0 Å². The molecule has 122 valence electrons. The van der Waals surface area contributed by atoms with Gasteiger partial charge in [0.25, 0.3) is 0 Å². The summed E-state index contributed by atoms with van der Waals surface area (Å²) >= 11 is 0. The number of methoxy groups -OCH3 is 1. The Bertz CT molecular complexity index is 352. The summed E-state index contributed by atoms with van der Waals surface area (Å²) in [6.45, 7) is 5.95. The second-order valence-corrected chi connectivity index (χ2v) is 7.51. The van der Waals surface area contributed by atoms with Crippen molar-refractivity contribution in [3.8, 4) is 0 Å². The molecule has 1 heterocycles. The lowest BCUT2D eigenvalue weighted by atomic mass is 9.79. The summed E-state index contributed by atoms with van der Waals surface area (Å²) < 4.78 is 32.3. The molecule has 0 aromatic heterocycles. The van der Waals surface area contributed by atoms with Crippen molar-refractivity contribution in [2.45, 2.75) is 63.4 Å². The maximum atomic E-state index is 13.3. The number of rotatable bonds is 6. The van der Waals surface area contributed by atoms with E-state index in [9.17, 15) is 8.78 Å². The first kappa shape index (κ1) is 15.7. The Morgan fingerprint density at radius 3 is 2.24 bits per heavy atom. The first-order valence-corrected chi connectivity index (χ1v) is 8.64. The molecule has 1 aliphatic heterocycles. The van der Waals surface area contributed by atoms with Crippen LogP contribution in [0.3, 0.4) is 0 Å². The maximum absolute atomic E-state index is 13.3. The van der Waals surface area contributed by atoms with Gasteiger partial charge >= 0.3 is 0 Å². The Morgan fingerprint density at radius 2 is 1.71 bits per heavy atom. The molecule has 2 unspecified atom stereocenters. The predicted octanol–water partition coefficient (Wildman–Crippen LogP) is 3.95. The Balaban J connectivity index is 1.39. The SMILES string of the molecule is CCC1C2CN(CCCC3(OC)CCC(F)(F)CC3)CC12. The van der Waals surface area contributed by atoms with Crippen LogP contribution in [0.5, 0.6) is 0 Å². The number of hydrogen-bond donors (Lipinski definition) is 0. The first-order valence-electron chi connectivity index (χ1n) is 8.64. The summed E-state index contributed by atoms with van der Waals surface area (Å²) in [5, 5.41) is 0. The molecule has 3 aliphatic rings. The van der Waals surface area contributed by atoms with Crippen LogP contribution in [0.4, 0.5) is 8.78 Å². The number of hydrogen-bond acceptors (Lipinski definition) is 2. The average Bonchev–Trinajstić information content (AvgIpc) is 2.94. The molecule has 1 saturated heterocycles. The molecular formula is C17H29F2NO. The van der Waals surface area contributed by atoms with E-state index < -0.39 is 5.92 Å². The minimum Gasteiger partial charge on any atom is -0.378 e. The van der Waals surface area contributed by atoms with E-state index >= 15 is 0 Å². The molecule has 3 fully saturated rings. The number of alkyl halides is 2. The summed E-state index contributed by atoms with van der Waals surface area (Å²) in [4.78, 5) is 2.57. The van der Waals surface area contributed by atoms with Crippen LogP contribution >= 0.6 is 0 Å². The lowest BCUT2D eigenvalue weighted by molar-refractivity contribution is -0.122. The van der Waals surface area contributed by atoms with Crippen molar-refractivity contribution in [1.29, 1.82) is 0 Å². The Kier molecular flexibility index (Phi) is 4.30. The zero-order chi connectivity index (χ0) is 15.1. The molecule has 0 aromatic rings. The van der Waals surface area contributed by atoms with Crippen LogP contribution in [0.15, 0.2) is 0 Å². The fraction of sp³-hybridized carbons (Fsp3) is 1.00. The van der Waals surface area contributed by atoms with Crippen LogP contribution in [0.25, 0.3) is 0 Å². The van der Waals surface area contributed by atoms with Crippen molar-refractivity contribution < 1.29 is 13.5 Å². The number of ether oxygens (including phenoxy) is 1. The molecule has 0 N–H and O–H groups in total. The summed E-state index contributed by atoms with van der Waals surface area (Å²) in [5.74, 6) is 0.444. The van der Waals surface area contributed by atoms with Crippen LogP contribution in [-0.2, 0) is 4.74 Å². The quantitative estimate of drug-likeness (QED) is 0.736. The van der Waals surface area contributed by atoms with Crippen molar-refractivity contribution in [3.63, 3.8) is 0 Å². The number of fused-ring (bicyclic) bond motifs is 1. The first-order chi connectivity index (χ1) is 9.99. The molecule has 0 aromatic carbocycles. The van der Waals surface area contributed by atoms with Crippen molar-refractivity contribution in [3.05, 3.63) is 0 Å². The second-order valence-electron chi connectivity index (χ2n) is 7.51. The highest BCUT2D eigenvalue weighted by Crippen LogP contribution is 2.53. The smallest absolute Gasteiger partial charge is 0.248 e. The Labute approximate surface area is 127 Å². The van der Waals surface area contributed by atoms with Gasteiger partial charge in [-0.05, 0) is 50.0 Å². The molecule has 3 rings (SSSR count). The highest BCUT2D eigenvalue weighted by molar-refractivity contribution is 5.04. The van der Waals surface area contributed by atoms with Crippen molar-refractivity contribution in [1.82, 2.24) is 4.90 Å². The minimum atomic E-state index is -2.46. The van der Waals surface area contributed by atoms with E-state index in [-0.39, 0.29) is 18.4 Å². The number of halogens is 2. The average molecular weight is 301 g/mol. The van der Waals surface area contributed by atoms with E-state index in [4.69, 9.17) is 4.74 Å². The monoisotopic (exact) mass is 301 g/mol. The molecule has 2 saturated carbocycles. The molecule has 0 bridgehead atoms. The lowest BCUT2D eigenvalue weighted by Gasteiger charge is -2.39. The van der Waals surface area contributed by atoms with Crippen molar-refractivity contribution in [2.75, 3.05) is 26.7 Å². The van der Waals surface area contributed by atoms with Gasteiger partial charge in [-0.15, -0.1) is 0 Å². The Morgan fingerprint density at radius 1 is 1.10 bits per heavy atom. The van der Waals surface area contributed by atoms with Gasteiger partial charge in [-0.25, -0.2) is 8.78 Å². The molecule has 2 atom stereocenters. The lowest BCUT2D eigenvalue weighted by Crippen LogP contribution is -2.40. The standard InChI is InChI=1S/C17H29F2NO/c1-3-13-14-11-20(12-15(13)14)10-4-5-16(21-2)6-8-17(18,19)9-7-16/h13-15H,3-12H2,1-2H3. The summed E-state index contributed by atoms with van der Waals surface area (Å²) in [6, 6.07) is 0. The van der Waals surface area contributed by atoms with Crippen LogP contribution in [0.1, 0.15) is 51.9 Å². The third-order valence-corrected chi connectivity index (χ3v) is 6.35. The van der Waals surface area contributed by atoms with Crippen molar-refractivity contribution >= 4 is 0 Å². The van der Waals surface area contributed by atoms with Gasteiger partial charge in [0.2, 0.25) is 5.92 Å². The van der Waals surface area contributed by atoms with Gasteiger partial charge < -0.3 is 9.64 Å². The maximum Gasteiger partial charge on any atom is 0.248 e. The molecule has 2 aliphatic carbocycles. The van der Waals surface area contributed by atoms with E-state index in [1.165, 1.54) is 19.5 Å². The molecule has 21 heavy (non-hydrogen) atoms. The highest BCUT2D eigenvalue weighted by Gasteiger charge is 2.53. The predicted molar refractivity (Wildman–Crippen MR) is 79.6 cm³/mol. The third kappa shape index (κ3) is 3.26. The fourth-order valence-electron chi connectivity index (χ4n) is 4.78. The molecule has 2 nitrogen and oxygen atoms in total. The fourth-order valence-corrected chi connectivity index (χ4v) is 4.78.